The molecule has 0 aliphatic carbocycles. The molecule has 0 saturated carbocycles. The molecule has 0 rings (SSSR count). The Morgan fingerprint density at radius 2 is 1.69 bits per heavy atom. The van der Waals surface area contributed by atoms with Gasteiger partial charge in [0.25, 0.3) is 0 Å². The lowest BCUT2D eigenvalue weighted by Crippen LogP contribution is -2.25. The van der Waals surface area contributed by atoms with Gasteiger partial charge in [-0.3, -0.25) is 0 Å². The summed E-state index contributed by atoms with van der Waals surface area (Å²) in [4.78, 5) is 0. The van der Waals surface area contributed by atoms with Gasteiger partial charge in [0.15, 0.2) is 9.84 Å². The lowest BCUT2D eigenvalue weighted by atomic mass is 10.2. The number of aliphatic hydroxyl groups excluding tert-OH is 1. The van der Waals surface area contributed by atoms with Gasteiger partial charge in [-0.15, -0.1) is 0 Å². The Morgan fingerprint density at radius 1 is 1.00 bits per heavy atom. The molecule has 0 fully saturated rings. The Labute approximate surface area is 99.4 Å². The van der Waals surface area contributed by atoms with Crippen molar-refractivity contribution in [2.24, 2.45) is 0 Å². The maximum Gasteiger partial charge on any atom is 0.151 e. The van der Waals surface area contributed by atoms with Crippen LogP contribution < -0.4 is 5.32 Å². The van der Waals surface area contributed by atoms with E-state index in [4.69, 9.17) is 5.11 Å². The molecular weight excluding hydrogens is 226 g/mol. The minimum absolute atomic E-state index is 0.248. The highest BCUT2D eigenvalue weighted by Gasteiger charge is 2.07. The highest BCUT2D eigenvalue weighted by Crippen LogP contribution is 1.97. The standard InChI is InChI=1S/C11H25NO3S/c1-2-10-16(14,15)11-8-12-7-5-3-4-6-9-13/h12-13H,2-11H2,1H3. The highest BCUT2D eigenvalue weighted by atomic mass is 32.2. The van der Waals surface area contributed by atoms with Gasteiger partial charge in [0.1, 0.15) is 0 Å². The SMILES string of the molecule is CCCS(=O)(=O)CCNCCCCCCO. The number of unbranched alkanes of at least 4 members (excludes halogenated alkanes) is 3. The van der Waals surface area contributed by atoms with Gasteiger partial charge in [0.05, 0.1) is 5.75 Å². The van der Waals surface area contributed by atoms with Crippen molar-refractivity contribution in [2.45, 2.75) is 39.0 Å². The third-order valence-corrected chi connectivity index (χ3v) is 4.22. The first kappa shape index (κ1) is 15.9. The van der Waals surface area contributed by atoms with Crippen molar-refractivity contribution >= 4 is 9.84 Å². The van der Waals surface area contributed by atoms with E-state index in [9.17, 15) is 8.42 Å². The maximum atomic E-state index is 11.3. The topological polar surface area (TPSA) is 66.4 Å². The van der Waals surface area contributed by atoms with Crippen LogP contribution in [0.15, 0.2) is 0 Å². The summed E-state index contributed by atoms with van der Waals surface area (Å²) in [6.07, 6.45) is 4.75. The molecule has 4 nitrogen and oxygen atoms in total. The minimum Gasteiger partial charge on any atom is -0.396 e. The van der Waals surface area contributed by atoms with Gasteiger partial charge in [-0.1, -0.05) is 19.8 Å². The zero-order valence-corrected chi connectivity index (χ0v) is 11.1. The molecule has 0 spiro atoms. The van der Waals surface area contributed by atoms with Crippen molar-refractivity contribution in [3.8, 4) is 0 Å². The van der Waals surface area contributed by atoms with Gasteiger partial charge >= 0.3 is 0 Å². The van der Waals surface area contributed by atoms with E-state index in [0.717, 1.165) is 32.2 Å². The second-order valence-electron chi connectivity index (χ2n) is 4.04. The fourth-order valence-electron chi connectivity index (χ4n) is 1.48. The molecule has 0 saturated heterocycles. The van der Waals surface area contributed by atoms with Crippen LogP contribution in [0, 0.1) is 0 Å². The zero-order valence-electron chi connectivity index (χ0n) is 10.2. The van der Waals surface area contributed by atoms with E-state index >= 15 is 0 Å². The molecule has 0 heterocycles. The smallest absolute Gasteiger partial charge is 0.151 e. The molecule has 5 heteroatoms. The van der Waals surface area contributed by atoms with Gasteiger partial charge in [-0.25, -0.2) is 8.42 Å². The number of hydrogen-bond donors (Lipinski definition) is 2. The molecule has 0 bridgehead atoms. The summed E-state index contributed by atoms with van der Waals surface area (Å²) < 4.78 is 22.7. The van der Waals surface area contributed by atoms with Crippen molar-refractivity contribution in [1.82, 2.24) is 5.32 Å². The average Bonchev–Trinajstić information content (AvgIpc) is 2.22. The van der Waals surface area contributed by atoms with Crippen LogP contribution in [0.4, 0.5) is 0 Å². The van der Waals surface area contributed by atoms with E-state index < -0.39 is 9.84 Å². The summed E-state index contributed by atoms with van der Waals surface area (Å²) in [5, 5.41) is 11.7. The summed E-state index contributed by atoms with van der Waals surface area (Å²) in [7, 11) is -2.83. The maximum absolute atomic E-state index is 11.3. The van der Waals surface area contributed by atoms with Crippen LogP contribution in [-0.2, 0) is 9.84 Å². The number of aliphatic hydroxyl groups is 1. The van der Waals surface area contributed by atoms with Crippen LogP contribution in [0.1, 0.15) is 39.0 Å². The Hall–Kier alpha value is -0.130. The predicted molar refractivity (Wildman–Crippen MR) is 67.4 cm³/mol. The van der Waals surface area contributed by atoms with Crippen LogP contribution in [0.2, 0.25) is 0 Å². The average molecular weight is 251 g/mol. The van der Waals surface area contributed by atoms with E-state index in [1.54, 1.807) is 0 Å². The van der Waals surface area contributed by atoms with Gasteiger partial charge < -0.3 is 10.4 Å². The normalized spacial score (nSPS) is 11.9. The lowest BCUT2D eigenvalue weighted by molar-refractivity contribution is 0.282. The quantitative estimate of drug-likeness (QED) is 0.537. The van der Waals surface area contributed by atoms with Gasteiger partial charge in [0.2, 0.25) is 0 Å². The molecule has 0 aliphatic rings. The molecule has 0 amide bonds. The van der Waals surface area contributed by atoms with Crippen molar-refractivity contribution in [3.05, 3.63) is 0 Å². The number of sulfone groups is 1. The zero-order chi connectivity index (χ0) is 12.3. The van der Waals surface area contributed by atoms with E-state index in [0.29, 0.717) is 18.7 Å². The molecule has 0 aromatic heterocycles. The molecule has 98 valence electrons. The summed E-state index contributed by atoms with van der Waals surface area (Å²) in [5.41, 5.74) is 0. The first-order valence-electron chi connectivity index (χ1n) is 6.14. The molecule has 0 unspecified atom stereocenters. The molecule has 0 radical (unpaired) electrons. The van der Waals surface area contributed by atoms with E-state index in [1.807, 2.05) is 6.92 Å². The third kappa shape index (κ3) is 10.4. The van der Waals surface area contributed by atoms with E-state index in [2.05, 4.69) is 5.32 Å². The molecule has 0 aliphatic heterocycles. The molecule has 0 atom stereocenters. The van der Waals surface area contributed by atoms with Gasteiger partial charge in [-0.05, 0) is 25.8 Å². The van der Waals surface area contributed by atoms with Crippen LogP contribution in [-0.4, -0.2) is 44.7 Å². The van der Waals surface area contributed by atoms with Gasteiger partial charge in [0, 0.05) is 18.9 Å². The van der Waals surface area contributed by atoms with Crippen molar-refractivity contribution < 1.29 is 13.5 Å². The fraction of sp³-hybridized carbons (Fsp3) is 1.00. The van der Waals surface area contributed by atoms with E-state index in [-0.39, 0.29) is 12.4 Å². The van der Waals surface area contributed by atoms with Crippen LogP contribution in [0.3, 0.4) is 0 Å². The van der Waals surface area contributed by atoms with E-state index in [1.165, 1.54) is 0 Å². The number of rotatable bonds is 11. The second-order valence-corrected chi connectivity index (χ2v) is 6.34. The summed E-state index contributed by atoms with van der Waals surface area (Å²) in [6, 6.07) is 0. The number of nitrogens with one attached hydrogen (secondary N) is 1. The molecular formula is C11H25NO3S. The highest BCUT2D eigenvalue weighted by molar-refractivity contribution is 7.91. The summed E-state index contributed by atoms with van der Waals surface area (Å²) in [6.45, 7) is 3.57. The summed E-state index contributed by atoms with van der Waals surface area (Å²) in [5.74, 6) is 0.544. The number of hydrogen-bond acceptors (Lipinski definition) is 4. The first-order valence-corrected chi connectivity index (χ1v) is 7.96. The Balaban J connectivity index is 3.27. The monoisotopic (exact) mass is 251 g/mol. The van der Waals surface area contributed by atoms with Crippen LogP contribution >= 0.6 is 0 Å². The molecule has 0 aromatic carbocycles. The molecule has 16 heavy (non-hydrogen) atoms. The summed E-state index contributed by atoms with van der Waals surface area (Å²) >= 11 is 0. The fourth-order valence-corrected chi connectivity index (χ4v) is 2.76. The Kier molecular flexibility index (Phi) is 9.97. The predicted octanol–water partition coefficient (Wildman–Crippen LogP) is 0.953. The Morgan fingerprint density at radius 3 is 2.31 bits per heavy atom. The van der Waals surface area contributed by atoms with Gasteiger partial charge in [-0.2, -0.15) is 0 Å². The van der Waals surface area contributed by atoms with Crippen molar-refractivity contribution in [3.63, 3.8) is 0 Å². The van der Waals surface area contributed by atoms with Crippen LogP contribution in [0.25, 0.3) is 0 Å². The minimum atomic E-state index is -2.83. The first-order chi connectivity index (χ1) is 7.62. The molecule has 0 aromatic rings. The van der Waals surface area contributed by atoms with Crippen molar-refractivity contribution in [1.29, 1.82) is 0 Å². The third-order valence-electron chi connectivity index (χ3n) is 2.37. The second kappa shape index (κ2) is 10.1. The Bertz CT molecular complexity index is 240. The van der Waals surface area contributed by atoms with Crippen LogP contribution in [0.5, 0.6) is 0 Å². The lowest BCUT2D eigenvalue weighted by Gasteiger charge is -2.05. The molecule has 2 N–H and O–H groups in total. The largest absolute Gasteiger partial charge is 0.396 e. The van der Waals surface area contributed by atoms with Crippen molar-refractivity contribution in [2.75, 3.05) is 31.2 Å².